The molecule has 0 atom stereocenters. The van der Waals surface area contributed by atoms with Gasteiger partial charge in [-0.25, -0.2) is 0 Å². The Hall–Kier alpha value is -6.22. The second-order valence-corrected chi connectivity index (χ2v) is 14.0. The maximum absolute atomic E-state index is 2.43. The summed E-state index contributed by atoms with van der Waals surface area (Å²) >= 11 is 1.89. The molecule has 1 aromatic heterocycles. The molecule has 0 radical (unpaired) electrons. The van der Waals surface area contributed by atoms with E-state index in [0.717, 1.165) is 17.1 Å². The van der Waals surface area contributed by atoms with Crippen LogP contribution in [0, 0.1) is 0 Å². The Kier molecular flexibility index (Phi) is 6.75. The first kappa shape index (κ1) is 28.8. The first-order chi connectivity index (χ1) is 24.8. The van der Waals surface area contributed by atoms with Crippen LogP contribution >= 0.6 is 11.3 Å². The molecule has 0 unspecified atom stereocenters. The van der Waals surface area contributed by atoms with E-state index in [2.05, 4.69) is 193 Å². The molecule has 0 aliphatic rings. The molecule has 0 saturated carbocycles. The van der Waals surface area contributed by atoms with E-state index in [1.165, 1.54) is 74.7 Å². The molecule has 10 aromatic rings. The summed E-state index contributed by atoms with van der Waals surface area (Å²) in [5.74, 6) is 0. The van der Waals surface area contributed by atoms with Crippen molar-refractivity contribution in [3.05, 3.63) is 188 Å². The number of rotatable bonds is 5. The fourth-order valence-corrected chi connectivity index (χ4v) is 8.88. The molecule has 1 nitrogen and oxygen atoms in total. The van der Waals surface area contributed by atoms with Crippen molar-refractivity contribution in [2.45, 2.75) is 0 Å². The van der Waals surface area contributed by atoms with Crippen LogP contribution in [0.3, 0.4) is 0 Å². The summed E-state index contributed by atoms with van der Waals surface area (Å²) < 4.78 is 2.63. The van der Waals surface area contributed by atoms with Gasteiger partial charge in [-0.3, -0.25) is 0 Å². The number of hydrogen-bond acceptors (Lipinski definition) is 2. The van der Waals surface area contributed by atoms with Crippen LogP contribution in [0.1, 0.15) is 0 Å². The molecule has 0 saturated heterocycles. The van der Waals surface area contributed by atoms with Crippen molar-refractivity contribution in [2.24, 2.45) is 0 Å². The van der Waals surface area contributed by atoms with Gasteiger partial charge >= 0.3 is 0 Å². The van der Waals surface area contributed by atoms with Crippen LogP contribution in [0.2, 0.25) is 0 Å². The molecule has 0 bridgehead atoms. The Balaban J connectivity index is 1.23. The average molecular weight is 654 g/mol. The fraction of sp³-hybridized carbons (Fsp3) is 0. The first-order valence-electron chi connectivity index (χ1n) is 17.1. The van der Waals surface area contributed by atoms with Crippen molar-refractivity contribution in [3.8, 4) is 22.3 Å². The average Bonchev–Trinajstić information content (AvgIpc) is 3.57. The summed E-state index contributed by atoms with van der Waals surface area (Å²) in [6, 6.07) is 68.8. The van der Waals surface area contributed by atoms with E-state index in [9.17, 15) is 0 Å². The highest BCUT2D eigenvalue weighted by molar-refractivity contribution is 7.26. The highest BCUT2D eigenvalue weighted by Gasteiger charge is 2.19. The minimum Gasteiger partial charge on any atom is -0.310 e. The smallest absolute Gasteiger partial charge is 0.0476 e. The maximum Gasteiger partial charge on any atom is 0.0476 e. The Morgan fingerprint density at radius 3 is 1.62 bits per heavy atom. The summed E-state index contributed by atoms with van der Waals surface area (Å²) in [5, 5.41) is 10.2. The van der Waals surface area contributed by atoms with E-state index >= 15 is 0 Å². The molecule has 0 amide bonds. The van der Waals surface area contributed by atoms with Crippen molar-refractivity contribution in [3.63, 3.8) is 0 Å². The Labute approximate surface area is 294 Å². The number of anilines is 3. The topological polar surface area (TPSA) is 3.24 Å². The van der Waals surface area contributed by atoms with Gasteiger partial charge in [-0.15, -0.1) is 11.3 Å². The zero-order valence-electron chi connectivity index (χ0n) is 27.3. The quantitative estimate of drug-likeness (QED) is 0.167. The predicted octanol–water partition coefficient (Wildman–Crippen LogP) is 14.3. The molecule has 10 rings (SSSR count). The Morgan fingerprint density at radius 1 is 0.320 bits per heavy atom. The Morgan fingerprint density at radius 2 is 0.840 bits per heavy atom. The third kappa shape index (κ3) is 4.76. The molecule has 1 heterocycles. The van der Waals surface area contributed by atoms with Crippen LogP contribution in [0.5, 0.6) is 0 Å². The van der Waals surface area contributed by atoms with Gasteiger partial charge in [-0.05, 0) is 91.0 Å². The third-order valence-corrected chi connectivity index (χ3v) is 11.2. The van der Waals surface area contributed by atoms with E-state index in [0.29, 0.717) is 0 Å². The molecule has 2 heteroatoms. The monoisotopic (exact) mass is 653 g/mol. The van der Waals surface area contributed by atoms with Crippen LogP contribution in [0.15, 0.2) is 188 Å². The van der Waals surface area contributed by atoms with Gasteiger partial charge in [-0.1, -0.05) is 152 Å². The van der Waals surface area contributed by atoms with E-state index in [1.54, 1.807) is 0 Å². The van der Waals surface area contributed by atoms with E-state index < -0.39 is 0 Å². The van der Waals surface area contributed by atoms with E-state index in [4.69, 9.17) is 0 Å². The van der Waals surface area contributed by atoms with Crippen molar-refractivity contribution >= 4 is 80.9 Å². The molecule has 234 valence electrons. The second kappa shape index (κ2) is 11.7. The van der Waals surface area contributed by atoms with Gasteiger partial charge in [0.1, 0.15) is 0 Å². The third-order valence-electron chi connectivity index (χ3n) is 10.0. The minimum atomic E-state index is 1.12. The number of benzene rings is 9. The molecule has 0 fully saturated rings. The van der Waals surface area contributed by atoms with Crippen LogP contribution in [-0.2, 0) is 0 Å². The van der Waals surface area contributed by atoms with Gasteiger partial charge in [0.2, 0.25) is 0 Å². The zero-order valence-corrected chi connectivity index (χ0v) is 28.1. The molecule has 0 spiro atoms. The summed E-state index contributed by atoms with van der Waals surface area (Å²) in [6.07, 6.45) is 0. The Bertz CT molecular complexity index is 2870. The largest absolute Gasteiger partial charge is 0.310 e. The molecule has 50 heavy (non-hydrogen) atoms. The standard InChI is InChI=1S/C48H31NS/c1-3-11-32(12-4-1)41-27-24-38(30-45(41)33-13-5-2-6-14-33)49(37-23-21-36-20-19-34-15-7-9-17-40(34)46(36)29-37)39-25-28-43-44-26-22-35-16-8-10-18-42(35)48(44)50-47(43)31-39/h1-31H. The summed E-state index contributed by atoms with van der Waals surface area (Å²) in [6.45, 7) is 0. The van der Waals surface area contributed by atoms with Crippen molar-refractivity contribution in [1.82, 2.24) is 0 Å². The lowest BCUT2D eigenvalue weighted by Crippen LogP contribution is -2.10. The van der Waals surface area contributed by atoms with Gasteiger partial charge in [0, 0.05) is 37.2 Å². The number of thiophene rings is 1. The fourth-order valence-electron chi connectivity index (χ4n) is 7.61. The molecule has 0 aliphatic carbocycles. The number of nitrogens with zero attached hydrogens (tertiary/aromatic N) is 1. The van der Waals surface area contributed by atoms with Crippen LogP contribution < -0.4 is 4.90 Å². The van der Waals surface area contributed by atoms with E-state index in [-0.39, 0.29) is 0 Å². The molecular weight excluding hydrogens is 623 g/mol. The van der Waals surface area contributed by atoms with Gasteiger partial charge in [0.25, 0.3) is 0 Å². The van der Waals surface area contributed by atoms with Gasteiger partial charge in [-0.2, -0.15) is 0 Å². The maximum atomic E-state index is 2.43. The van der Waals surface area contributed by atoms with Crippen LogP contribution in [-0.4, -0.2) is 0 Å². The van der Waals surface area contributed by atoms with Gasteiger partial charge < -0.3 is 4.90 Å². The van der Waals surface area contributed by atoms with Crippen LogP contribution in [0.4, 0.5) is 17.1 Å². The number of fused-ring (bicyclic) bond motifs is 8. The highest BCUT2D eigenvalue weighted by atomic mass is 32.1. The molecule has 0 N–H and O–H groups in total. The first-order valence-corrected chi connectivity index (χ1v) is 17.9. The van der Waals surface area contributed by atoms with Crippen molar-refractivity contribution < 1.29 is 0 Å². The molecule has 9 aromatic carbocycles. The SMILES string of the molecule is c1ccc(-c2ccc(N(c3ccc4c(c3)sc3c5ccccc5ccc43)c3ccc4ccc5ccccc5c4c3)cc2-c2ccccc2)cc1. The lowest BCUT2D eigenvalue weighted by molar-refractivity contribution is 1.30. The lowest BCUT2D eigenvalue weighted by Gasteiger charge is -2.27. The van der Waals surface area contributed by atoms with Gasteiger partial charge in [0.15, 0.2) is 0 Å². The minimum absolute atomic E-state index is 1.12. The zero-order chi connectivity index (χ0) is 33.0. The molecular formula is C48H31NS. The predicted molar refractivity (Wildman–Crippen MR) is 217 cm³/mol. The van der Waals surface area contributed by atoms with Crippen LogP contribution in [0.25, 0.3) is 74.7 Å². The normalized spacial score (nSPS) is 11.6. The van der Waals surface area contributed by atoms with E-state index in [1.807, 2.05) is 11.3 Å². The van der Waals surface area contributed by atoms with Gasteiger partial charge in [0.05, 0.1) is 0 Å². The molecule has 0 aliphatic heterocycles. The lowest BCUT2D eigenvalue weighted by atomic mass is 9.93. The van der Waals surface area contributed by atoms with Crippen molar-refractivity contribution in [1.29, 1.82) is 0 Å². The number of hydrogen-bond donors (Lipinski definition) is 0. The summed E-state index contributed by atoms with van der Waals surface area (Å²) in [5.41, 5.74) is 8.22. The van der Waals surface area contributed by atoms with Crippen molar-refractivity contribution in [2.75, 3.05) is 4.90 Å². The summed E-state index contributed by atoms with van der Waals surface area (Å²) in [7, 11) is 0. The summed E-state index contributed by atoms with van der Waals surface area (Å²) in [4.78, 5) is 2.43. The highest BCUT2D eigenvalue weighted by Crippen LogP contribution is 2.45. The second-order valence-electron chi connectivity index (χ2n) is 12.9.